The molecule has 1 atom stereocenters. The van der Waals surface area contributed by atoms with E-state index in [2.05, 4.69) is 34.0 Å². The summed E-state index contributed by atoms with van der Waals surface area (Å²) in [6.07, 6.45) is 6.04. The van der Waals surface area contributed by atoms with E-state index in [-0.39, 0.29) is 12.4 Å². The number of hydrogen-bond donors (Lipinski definition) is 1. The highest BCUT2D eigenvalue weighted by Crippen LogP contribution is 2.34. The van der Waals surface area contributed by atoms with Gasteiger partial charge >= 0.3 is 6.09 Å². The van der Waals surface area contributed by atoms with Gasteiger partial charge in [0.25, 0.3) is 0 Å². The summed E-state index contributed by atoms with van der Waals surface area (Å²) in [7, 11) is 0. The zero-order valence-electron chi connectivity index (χ0n) is 21.5. The van der Waals surface area contributed by atoms with E-state index in [9.17, 15) is 9.90 Å². The summed E-state index contributed by atoms with van der Waals surface area (Å²) in [6, 6.07) is 6.39. The maximum Gasteiger partial charge on any atom is 0.407 e. The Balaban J connectivity index is 1.22. The van der Waals surface area contributed by atoms with Crippen LogP contribution in [0.5, 0.6) is 0 Å². The van der Waals surface area contributed by atoms with Gasteiger partial charge in [-0.1, -0.05) is 0 Å². The Bertz CT molecular complexity index is 1290. The van der Waals surface area contributed by atoms with Crippen LogP contribution in [-0.4, -0.2) is 81.0 Å². The van der Waals surface area contributed by atoms with Gasteiger partial charge in [0.15, 0.2) is 12.1 Å². The largest absolute Gasteiger partial charge is 0.465 e. The number of likely N-dealkylation sites (tertiary alicyclic amines) is 1. The number of carboxylic acid groups (broad SMARTS) is 1. The second-order valence-corrected chi connectivity index (χ2v) is 10.5. The lowest BCUT2D eigenvalue weighted by atomic mass is 9.86. The molecule has 10 heteroatoms. The van der Waals surface area contributed by atoms with E-state index in [1.54, 1.807) is 0 Å². The Morgan fingerprint density at radius 1 is 1.05 bits per heavy atom. The third kappa shape index (κ3) is 4.87. The molecule has 3 aromatic rings. The molecule has 1 unspecified atom stereocenters. The molecule has 196 valence electrons. The number of nitrogens with zero attached hydrogens (tertiary/aromatic N) is 6. The molecular weight excluding hydrogens is 472 g/mol. The number of rotatable bonds is 5. The molecule has 0 radical (unpaired) electrons. The van der Waals surface area contributed by atoms with Crippen LogP contribution in [0.2, 0.25) is 0 Å². The van der Waals surface area contributed by atoms with E-state index in [1.807, 2.05) is 23.9 Å². The summed E-state index contributed by atoms with van der Waals surface area (Å²) >= 11 is 0. The minimum atomic E-state index is -0.832. The topological polar surface area (TPSA) is 106 Å². The van der Waals surface area contributed by atoms with Gasteiger partial charge in [-0.3, -0.25) is 0 Å². The number of anilines is 1. The molecule has 37 heavy (non-hydrogen) atoms. The molecule has 2 aromatic heterocycles. The van der Waals surface area contributed by atoms with Crippen LogP contribution in [0.3, 0.4) is 0 Å². The Labute approximate surface area is 216 Å². The van der Waals surface area contributed by atoms with Crippen LogP contribution >= 0.6 is 0 Å². The van der Waals surface area contributed by atoms with Crippen molar-refractivity contribution in [2.24, 2.45) is 0 Å². The SMILES string of the molecule is Cc1nc(N2CC(OC3CCCCO3)C2)cc(-n2ncc3cc(C)c(C4CCN(C(=O)O)CC4)cc32)n1. The molecule has 3 aliphatic rings. The zero-order valence-corrected chi connectivity index (χ0v) is 21.5. The number of carbonyl (C=O) groups is 1. The van der Waals surface area contributed by atoms with Gasteiger partial charge in [-0.2, -0.15) is 5.10 Å². The predicted molar refractivity (Wildman–Crippen MR) is 138 cm³/mol. The molecule has 1 aromatic carbocycles. The molecule has 3 fully saturated rings. The van der Waals surface area contributed by atoms with E-state index in [4.69, 9.17) is 14.5 Å². The van der Waals surface area contributed by atoms with E-state index < -0.39 is 6.09 Å². The van der Waals surface area contributed by atoms with Crippen molar-refractivity contribution in [3.63, 3.8) is 0 Å². The van der Waals surface area contributed by atoms with Gasteiger partial charge in [-0.05, 0) is 75.1 Å². The smallest absolute Gasteiger partial charge is 0.407 e. The lowest BCUT2D eigenvalue weighted by Crippen LogP contribution is -2.54. The molecule has 3 aliphatic heterocycles. The Kier molecular flexibility index (Phi) is 6.46. The first-order chi connectivity index (χ1) is 17.9. The fourth-order valence-corrected chi connectivity index (χ4v) is 5.76. The summed E-state index contributed by atoms with van der Waals surface area (Å²) in [6.45, 7) is 7.53. The average molecular weight is 507 g/mol. The molecule has 5 heterocycles. The zero-order chi connectivity index (χ0) is 25.5. The van der Waals surface area contributed by atoms with Crippen LogP contribution in [0.15, 0.2) is 24.4 Å². The lowest BCUT2D eigenvalue weighted by Gasteiger charge is -2.41. The average Bonchev–Trinajstić information content (AvgIpc) is 3.28. The Hall–Kier alpha value is -3.24. The molecule has 1 amide bonds. The summed E-state index contributed by atoms with van der Waals surface area (Å²) in [5, 5.41) is 15.1. The monoisotopic (exact) mass is 506 g/mol. The first-order valence-electron chi connectivity index (χ1n) is 13.3. The van der Waals surface area contributed by atoms with Crippen LogP contribution in [-0.2, 0) is 9.47 Å². The standard InChI is InChI=1S/C27H34N6O4/c1-17-11-20-14-28-33(23(20)12-22(17)19-6-8-31(9-7-19)27(34)35)25-13-24(29-18(2)30-25)32-15-21(16-32)37-26-5-3-4-10-36-26/h11-14,19,21,26H,3-10,15-16H2,1-2H3,(H,34,35). The van der Waals surface area contributed by atoms with Crippen LogP contribution in [0, 0.1) is 13.8 Å². The highest BCUT2D eigenvalue weighted by molar-refractivity contribution is 5.82. The van der Waals surface area contributed by atoms with Gasteiger partial charge in [-0.25, -0.2) is 19.4 Å². The number of aryl methyl sites for hydroxylation is 2. The van der Waals surface area contributed by atoms with Gasteiger partial charge in [0.2, 0.25) is 0 Å². The van der Waals surface area contributed by atoms with Gasteiger partial charge in [0, 0.05) is 44.2 Å². The molecule has 3 saturated heterocycles. The van der Waals surface area contributed by atoms with Crippen molar-refractivity contribution in [1.82, 2.24) is 24.6 Å². The van der Waals surface area contributed by atoms with Gasteiger partial charge in [-0.15, -0.1) is 0 Å². The van der Waals surface area contributed by atoms with Crippen LogP contribution in [0.25, 0.3) is 16.7 Å². The first-order valence-corrected chi connectivity index (χ1v) is 13.3. The molecule has 0 aliphatic carbocycles. The number of fused-ring (bicyclic) bond motifs is 1. The van der Waals surface area contributed by atoms with E-state index in [0.717, 1.165) is 74.3 Å². The minimum absolute atomic E-state index is 0.0759. The van der Waals surface area contributed by atoms with Crippen molar-refractivity contribution >= 4 is 22.8 Å². The van der Waals surface area contributed by atoms with Gasteiger partial charge < -0.3 is 24.4 Å². The summed E-state index contributed by atoms with van der Waals surface area (Å²) in [5.41, 5.74) is 3.48. The predicted octanol–water partition coefficient (Wildman–Crippen LogP) is 4.02. The van der Waals surface area contributed by atoms with Gasteiger partial charge in [0.1, 0.15) is 11.6 Å². The summed E-state index contributed by atoms with van der Waals surface area (Å²) in [5.74, 6) is 2.65. The van der Waals surface area contributed by atoms with Crippen molar-refractivity contribution in [1.29, 1.82) is 0 Å². The van der Waals surface area contributed by atoms with E-state index in [1.165, 1.54) is 16.0 Å². The second kappa shape index (κ2) is 9.90. The number of piperidine rings is 1. The maximum absolute atomic E-state index is 11.3. The highest BCUT2D eigenvalue weighted by atomic mass is 16.7. The number of hydrogen-bond acceptors (Lipinski definition) is 7. The number of amides is 1. The maximum atomic E-state index is 11.3. The van der Waals surface area contributed by atoms with Crippen molar-refractivity contribution in [3.05, 3.63) is 41.3 Å². The van der Waals surface area contributed by atoms with Gasteiger partial charge in [0.05, 0.1) is 17.8 Å². The fraction of sp³-hybridized carbons (Fsp3) is 0.556. The molecule has 0 bridgehead atoms. The van der Waals surface area contributed by atoms with Crippen molar-refractivity contribution < 1.29 is 19.4 Å². The molecule has 0 spiro atoms. The van der Waals surface area contributed by atoms with Crippen LogP contribution < -0.4 is 4.90 Å². The first kappa shape index (κ1) is 24.1. The number of ether oxygens (including phenoxy) is 2. The summed E-state index contributed by atoms with van der Waals surface area (Å²) < 4.78 is 13.7. The van der Waals surface area contributed by atoms with Crippen molar-refractivity contribution in [2.75, 3.05) is 37.7 Å². The third-order valence-corrected chi connectivity index (χ3v) is 7.84. The second-order valence-electron chi connectivity index (χ2n) is 10.5. The Morgan fingerprint density at radius 2 is 1.84 bits per heavy atom. The van der Waals surface area contributed by atoms with E-state index in [0.29, 0.717) is 24.8 Å². The normalized spacial score (nSPS) is 21.4. The molecule has 10 nitrogen and oxygen atoms in total. The quantitative estimate of drug-likeness (QED) is 0.553. The minimum Gasteiger partial charge on any atom is -0.465 e. The van der Waals surface area contributed by atoms with Crippen molar-refractivity contribution in [3.8, 4) is 5.82 Å². The van der Waals surface area contributed by atoms with Crippen molar-refractivity contribution in [2.45, 2.75) is 64.3 Å². The fourth-order valence-electron chi connectivity index (χ4n) is 5.76. The Morgan fingerprint density at radius 3 is 2.57 bits per heavy atom. The van der Waals surface area contributed by atoms with E-state index >= 15 is 0 Å². The summed E-state index contributed by atoms with van der Waals surface area (Å²) in [4.78, 5) is 24.4. The number of benzene rings is 1. The molecule has 0 saturated carbocycles. The highest BCUT2D eigenvalue weighted by Gasteiger charge is 2.32. The lowest BCUT2D eigenvalue weighted by molar-refractivity contribution is -0.191. The van der Waals surface area contributed by atoms with Crippen LogP contribution in [0.4, 0.5) is 10.6 Å². The third-order valence-electron chi connectivity index (χ3n) is 7.84. The number of aromatic nitrogens is 4. The molecular formula is C27H34N6O4. The molecule has 1 N–H and O–H groups in total. The van der Waals surface area contributed by atoms with Crippen LogP contribution in [0.1, 0.15) is 55.0 Å². The molecule has 6 rings (SSSR count).